The van der Waals surface area contributed by atoms with E-state index in [0.29, 0.717) is 24.0 Å². The Bertz CT molecular complexity index is 804. The molecule has 0 saturated carbocycles. The maximum absolute atomic E-state index is 5.86. The van der Waals surface area contributed by atoms with Crippen LogP contribution in [0.15, 0.2) is 60.8 Å². The first-order valence-electron chi connectivity index (χ1n) is 7.68. The van der Waals surface area contributed by atoms with Crippen molar-refractivity contribution in [2.45, 2.75) is 13.5 Å². The molecule has 0 fully saturated rings. The Kier molecular flexibility index (Phi) is 4.91. The Labute approximate surface area is 141 Å². The molecule has 3 rings (SSSR count). The van der Waals surface area contributed by atoms with Gasteiger partial charge in [-0.25, -0.2) is 9.97 Å². The Morgan fingerprint density at radius 2 is 1.71 bits per heavy atom. The van der Waals surface area contributed by atoms with Crippen molar-refractivity contribution < 1.29 is 9.47 Å². The Balaban J connectivity index is 1.63. The van der Waals surface area contributed by atoms with E-state index in [9.17, 15) is 0 Å². The van der Waals surface area contributed by atoms with Gasteiger partial charge in [0.1, 0.15) is 5.75 Å². The summed E-state index contributed by atoms with van der Waals surface area (Å²) in [5, 5.41) is 3.21. The lowest BCUT2D eigenvalue weighted by Crippen LogP contribution is -2.03. The van der Waals surface area contributed by atoms with Gasteiger partial charge >= 0.3 is 0 Å². The minimum absolute atomic E-state index is 0.629. The van der Waals surface area contributed by atoms with E-state index in [1.54, 1.807) is 13.3 Å². The number of nitrogens with zero attached hydrogens (tertiary/aromatic N) is 2. The van der Waals surface area contributed by atoms with Crippen LogP contribution < -0.4 is 14.8 Å². The number of para-hydroxylation sites is 2. The summed E-state index contributed by atoms with van der Waals surface area (Å²) in [6, 6.07) is 17.3. The fraction of sp³-hybridized carbons (Fsp3) is 0.158. The lowest BCUT2D eigenvalue weighted by Gasteiger charge is -2.10. The van der Waals surface area contributed by atoms with Gasteiger partial charge in [-0.1, -0.05) is 24.3 Å². The van der Waals surface area contributed by atoms with Gasteiger partial charge in [0.15, 0.2) is 11.5 Å². The molecule has 0 atom stereocenters. The summed E-state index contributed by atoms with van der Waals surface area (Å²) in [5.74, 6) is 2.79. The van der Waals surface area contributed by atoms with E-state index in [1.165, 1.54) is 0 Å². The molecule has 1 heterocycles. The molecule has 0 bridgehead atoms. The van der Waals surface area contributed by atoms with Crippen molar-refractivity contribution in [3.8, 4) is 17.2 Å². The Morgan fingerprint density at radius 1 is 0.958 bits per heavy atom. The van der Waals surface area contributed by atoms with E-state index in [-0.39, 0.29) is 0 Å². The molecule has 2 aromatic carbocycles. The van der Waals surface area contributed by atoms with Crippen molar-refractivity contribution in [1.29, 1.82) is 0 Å². The van der Waals surface area contributed by atoms with Gasteiger partial charge in [-0.2, -0.15) is 0 Å². The molecule has 3 aromatic rings. The second-order valence-corrected chi connectivity index (χ2v) is 5.27. The third kappa shape index (κ3) is 4.01. The normalized spacial score (nSPS) is 10.2. The maximum Gasteiger partial charge on any atom is 0.223 e. The van der Waals surface area contributed by atoms with Crippen LogP contribution in [0.3, 0.4) is 0 Å². The lowest BCUT2D eigenvalue weighted by atomic mass is 10.2. The number of rotatable bonds is 6. The molecule has 0 aliphatic rings. The molecule has 1 aromatic heterocycles. The van der Waals surface area contributed by atoms with Crippen LogP contribution in [-0.4, -0.2) is 17.1 Å². The van der Waals surface area contributed by atoms with Gasteiger partial charge < -0.3 is 14.8 Å². The molecular formula is C19H19N3O2. The number of hydrogen-bond acceptors (Lipinski definition) is 5. The van der Waals surface area contributed by atoms with E-state index in [1.807, 2.05) is 61.5 Å². The highest BCUT2D eigenvalue weighted by atomic mass is 16.5. The zero-order valence-electron chi connectivity index (χ0n) is 13.7. The largest absolute Gasteiger partial charge is 0.493 e. The van der Waals surface area contributed by atoms with Crippen LogP contribution in [0.4, 0.5) is 5.95 Å². The van der Waals surface area contributed by atoms with Crippen molar-refractivity contribution in [2.75, 3.05) is 12.4 Å². The number of benzene rings is 2. The predicted molar refractivity (Wildman–Crippen MR) is 93.6 cm³/mol. The molecule has 24 heavy (non-hydrogen) atoms. The second-order valence-electron chi connectivity index (χ2n) is 5.27. The number of anilines is 1. The lowest BCUT2D eigenvalue weighted by molar-refractivity contribution is 0.379. The molecule has 0 aliphatic carbocycles. The van der Waals surface area contributed by atoms with Gasteiger partial charge in [0, 0.05) is 18.4 Å². The van der Waals surface area contributed by atoms with Crippen LogP contribution in [-0.2, 0) is 6.54 Å². The minimum Gasteiger partial charge on any atom is -0.493 e. The molecule has 0 aliphatic heterocycles. The number of methoxy groups -OCH3 is 1. The zero-order chi connectivity index (χ0) is 16.8. The second kappa shape index (κ2) is 7.46. The minimum atomic E-state index is 0.629. The van der Waals surface area contributed by atoms with Crippen molar-refractivity contribution in [3.05, 3.63) is 72.1 Å². The van der Waals surface area contributed by atoms with E-state index >= 15 is 0 Å². The van der Waals surface area contributed by atoms with Crippen LogP contribution in [0.2, 0.25) is 0 Å². The quantitative estimate of drug-likeness (QED) is 0.737. The van der Waals surface area contributed by atoms with Crippen LogP contribution in [0.25, 0.3) is 0 Å². The summed E-state index contributed by atoms with van der Waals surface area (Å²) in [6.45, 7) is 2.59. The molecule has 0 amide bonds. The predicted octanol–water partition coefficient (Wildman–Crippen LogP) is 4.20. The van der Waals surface area contributed by atoms with E-state index in [0.717, 1.165) is 17.0 Å². The third-order valence-electron chi connectivity index (χ3n) is 3.47. The van der Waals surface area contributed by atoms with Crippen LogP contribution in [0.1, 0.15) is 11.3 Å². The van der Waals surface area contributed by atoms with Crippen LogP contribution in [0.5, 0.6) is 17.2 Å². The monoisotopic (exact) mass is 321 g/mol. The Hall–Kier alpha value is -3.08. The van der Waals surface area contributed by atoms with Gasteiger partial charge in [-0.05, 0) is 42.8 Å². The molecule has 5 nitrogen and oxygen atoms in total. The number of ether oxygens (including phenoxy) is 2. The number of aromatic nitrogens is 2. The average Bonchev–Trinajstić information content (AvgIpc) is 2.62. The summed E-state index contributed by atoms with van der Waals surface area (Å²) < 4.78 is 11.2. The Morgan fingerprint density at radius 3 is 2.42 bits per heavy atom. The topological polar surface area (TPSA) is 56.3 Å². The summed E-state index contributed by atoms with van der Waals surface area (Å²) in [6.07, 6.45) is 1.74. The van der Waals surface area contributed by atoms with E-state index < -0.39 is 0 Å². The first-order valence-corrected chi connectivity index (χ1v) is 7.68. The molecule has 0 radical (unpaired) electrons. The van der Waals surface area contributed by atoms with Crippen LogP contribution >= 0.6 is 0 Å². The third-order valence-corrected chi connectivity index (χ3v) is 3.47. The van der Waals surface area contributed by atoms with Crippen molar-refractivity contribution in [3.63, 3.8) is 0 Å². The number of aryl methyl sites for hydroxylation is 1. The van der Waals surface area contributed by atoms with Gasteiger partial charge in [0.2, 0.25) is 5.95 Å². The van der Waals surface area contributed by atoms with Crippen LogP contribution in [0, 0.1) is 6.92 Å². The first-order chi connectivity index (χ1) is 11.7. The van der Waals surface area contributed by atoms with Gasteiger partial charge in [0.25, 0.3) is 0 Å². The van der Waals surface area contributed by atoms with Gasteiger partial charge in [-0.15, -0.1) is 0 Å². The fourth-order valence-electron chi connectivity index (χ4n) is 2.22. The molecule has 5 heteroatoms. The number of nitrogens with one attached hydrogen (secondary N) is 1. The summed E-state index contributed by atoms with van der Waals surface area (Å²) >= 11 is 0. The highest BCUT2D eigenvalue weighted by Crippen LogP contribution is 2.30. The van der Waals surface area contributed by atoms with Crippen molar-refractivity contribution >= 4 is 5.95 Å². The fourth-order valence-corrected chi connectivity index (χ4v) is 2.22. The van der Waals surface area contributed by atoms with Gasteiger partial charge in [-0.3, -0.25) is 0 Å². The smallest absolute Gasteiger partial charge is 0.223 e. The maximum atomic E-state index is 5.86. The average molecular weight is 321 g/mol. The first kappa shape index (κ1) is 15.8. The van der Waals surface area contributed by atoms with E-state index in [2.05, 4.69) is 15.3 Å². The molecule has 1 N–H and O–H groups in total. The number of hydrogen-bond donors (Lipinski definition) is 1. The standard InChI is InChI=1S/C19H19N3O2/c1-14-11-12-20-19(22-14)21-13-15-7-9-16(10-8-15)24-18-6-4-3-5-17(18)23-2/h3-12H,13H2,1-2H3,(H,20,21,22). The summed E-state index contributed by atoms with van der Waals surface area (Å²) in [4.78, 5) is 8.51. The SMILES string of the molecule is COc1ccccc1Oc1ccc(CNc2nccc(C)n2)cc1. The highest BCUT2D eigenvalue weighted by Gasteiger charge is 2.04. The van der Waals surface area contributed by atoms with Gasteiger partial charge in [0.05, 0.1) is 7.11 Å². The highest BCUT2D eigenvalue weighted by molar-refractivity contribution is 5.43. The zero-order valence-corrected chi connectivity index (χ0v) is 13.7. The summed E-state index contributed by atoms with van der Waals surface area (Å²) in [7, 11) is 1.63. The van der Waals surface area contributed by atoms with Crippen molar-refractivity contribution in [1.82, 2.24) is 9.97 Å². The summed E-state index contributed by atoms with van der Waals surface area (Å²) in [5.41, 5.74) is 2.06. The molecule has 122 valence electrons. The molecule has 0 spiro atoms. The molecular weight excluding hydrogens is 302 g/mol. The molecule has 0 saturated heterocycles. The van der Waals surface area contributed by atoms with Crippen molar-refractivity contribution in [2.24, 2.45) is 0 Å². The molecule has 0 unspecified atom stereocenters. The van der Waals surface area contributed by atoms with E-state index in [4.69, 9.17) is 9.47 Å².